The van der Waals surface area contributed by atoms with E-state index in [1.807, 2.05) is 27.0 Å². The largest absolute Gasteiger partial charge is 0.490 e. The van der Waals surface area contributed by atoms with Crippen LogP contribution in [0.15, 0.2) is 23.2 Å². The van der Waals surface area contributed by atoms with Crippen LogP contribution < -0.4 is 20.1 Å². The molecule has 0 radical (unpaired) electrons. The predicted molar refractivity (Wildman–Crippen MR) is 145 cm³/mol. The maximum Gasteiger partial charge on any atom is 0.190 e. The molecule has 1 heterocycles. The molecule has 32 heavy (non-hydrogen) atoms. The molecule has 1 fully saturated rings. The Morgan fingerprint density at radius 1 is 0.906 bits per heavy atom. The molecule has 0 aromatic heterocycles. The van der Waals surface area contributed by atoms with Crippen molar-refractivity contribution in [1.82, 2.24) is 20.4 Å². The molecule has 0 spiro atoms. The lowest BCUT2D eigenvalue weighted by molar-refractivity contribution is 0.136. The highest BCUT2D eigenvalue weighted by molar-refractivity contribution is 14.0. The van der Waals surface area contributed by atoms with Gasteiger partial charge in [-0.1, -0.05) is 13.0 Å². The number of nitrogens with one attached hydrogen (secondary N) is 2. The van der Waals surface area contributed by atoms with Gasteiger partial charge in [-0.25, -0.2) is 0 Å². The van der Waals surface area contributed by atoms with E-state index in [2.05, 4.69) is 44.5 Å². The highest BCUT2D eigenvalue weighted by Crippen LogP contribution is 2.28. The maximum atomic E-state index is 5.72. The molecule has 1 aromatic carbocycles. The first-order valence-electron chi connectivity index (χ1n) is 12.0. The van der Waals surface area contributed by atoms with Crippen LogP contribution in [-0.2, 0) is 6.42 Å². The summed E-state index contributed by atoms with van der Waals surface area (Å²) in [5.74, 6) is 2.50. The molecule has 1 aliphatic heterocycles. The molecule has 2 N–H and O–H groups in total. The lowest BCUT2D eigenvalue weighted by Gasteiger charge is -2.34. The van der Waals surface area contributed by atoms with Crippen molar-refractivity contribution in [2.24, 2.45) is 4.99 Å². The van der Waals surface area contributed by atoms with E-state index in [4.69, 9.17) is 9.47 Å². The van der Waals surface area contributed by atoms with Gasteiger partial charge in [-0.05, 0) is 63.9 Å². The van der Waals surface area contributed by atoms with Gasteiger partial charge in [-0.2, -0.15) is 0 Å². The normalized spacial score (nSPS) is 15.2. The molecule has 2 rings (SSSR count). The number of ether oxygens (including phenoxy) is 2. The first-order valence-corrected chi connectivity index (χ1v) is 12.0. The van der Waals surface area contributed by atoms with E-state index >= 15 is 0 Å². The Balaban J connectivity index is 0.00000512. The highest BCUT2D eigenvalue weighted by Gasteiger charge is 2.14. The van der Waals surface area contributed by atoms with E-state index in [1.165, 1.54) is 51.3 Å². The van der Waals surface area contributed by atoms with Gasteiger partial charge < -0.3 is 29.9 Å². The smallest absolute Gasteiger partial charge is 0.190 e. The van der Waals surface area contributed by atoms with E-state index in [9.17, 15) is 0 Å². The van der Waals surface area contributed by atoms with Crippen molar-refractivity contribution in [3.63, 3.8) is 0 Å². The standard InChI is InChI=1S/C24H43N5O2.HI/c1-5-28-16-18-29(19-17-28)15-9-8-13-26-24(25-4)27-14-12-21-10-11-22(30-6-2)23(20-21)31-7-3;/h10-11,20H,5-9,12-19H2,1-4H3,(H2,25,26,27);1H. The quantitative estimate of drug-likeness (QED) is 0.167. The number of benzene rings is 1. The van der Waals surface area contributed by atoms with E-state index in [0.717, 1.165) is 43.4 Å². The summed E-state index contributed by atoms with van der Waals surface area (Å²) in [5, 5.41) is 6.85. The SMILES string of the molecule is CCOc1ccc(CCNC(=NC)NCCCCN2CCN(CC)CC2)cc1OCC.I. The Bertz CT molecular complexity index is 651. The first kappa shape index (κ1) is 28.8. The highest BCUT2D eigenvalue weighted by atomic mass is 127. The summed E-state index contributed by atoms with van der Waals surface area (Å²) in [6, 6.07) is 6.18. The second-order valence-electron chi connectivity index (χ2n) is 7.81. The molecule has 0 atom stereocenters. The van der Waals surface area contributed by atoms with Crippen LogP contribution in [0.1, 0.15) is 39.2 Å². The van der Waals surface area contributed by atoms with Crippen molar-refractivity contribution >= 4 is 29.9 Å². The number of unbranched alkanes of at least 4 members (excludes halogenated alkanes) is 1. The second-order valence-corrected chi connectivity index (χ2v) is 7.81. The van der Waals surface area contributed by atoms with Crippen LogP contribution in [0.4, 0.5) is 0 Å². The zero-order valence-corrected chi connectivity index (χ0v) is 22.8. The molecule has 0 aliphatic carbocycles. The molecule has 8 heteroatoms. The molecule has 0 saturated carbocycles. The number of hydrogen-bond donors (Lipinski definition) is 2. The third kappa shape index (κ3) is 10.6. The lowest BCUT2D eigenvalue weighted by Crippen LogP contribution is -2.46. The van der Waals surface area contributed by atoms with Gasteiger partial charge in [0.15, 0.2) is 17.5 Å². The van der Waals surface area contributed by atoms with E-state index in [1.54, 1.807) is 0 Å². The molecule has 7 nitrogen and oxygen atoms in total. The van der Waals surface area contributed by atoms with Gasteiger partial charge in [-0.3, -0.25) is 4.99 Å². The van der Waals surface area contributed by atoms with Crippen molar-refractivity contribution in [3.05, 3.63) is 23.8 Å². The monoisotopic (exact) mass is 561 g/mol. The molecule has 0 bridgehead atoms. The van der Waals surface area contributed by atoms with Crippen LogP contribution >= 0.6 is 24.0 Å². The molecule has 0 amide bonds. The number of likely N-dealkylation sites (N-methyl/N-ethyl adjacent to an activating group) is 1. The maximum absolute atomic E-state index is 5.72. The Morgan fingerprint density at radius 3 is 2.22 bits per heavy atom. The van der Waals surface area contributed by atoms with Crippen molar-refractivity contribution in [2.75, 3.05) is 72.6 Å². The number of nitrogens with zero attached hydrogens (tertiary/aromatic N) is 3. The number of halogens is 1. The third-order valence-corrected chi connectivity index (χ3v) is 5.64. The van der Waals surface area contributed by atoms with Crippen molar-refractivity contribution in [1.29, 1.82) is 0 Å². The molecule has 184 valence electrons. The van der Waals surface area contributed by atoms with Gasteiger partial charge in [-0.15, -0.1) is 24.0 Å². The van der Waals surface area contributed by atoms with Crippen LogP contribution in [0.5, 0.6) is 11.5 Å². The van der Waals surface area contributed by atoms with Crippen molar-refractivity contribution in [3.8, 4) is 11.5 Å². The number of guanidine groups is 1. The van der Waals surface area contributed by atoms with Gasteiger partial charge >= 0.3 is 0 Å². The van der Waals surface area contributed by atoms with E-state index in [-0.39, 0.29) is 24.0 Å². The van der Waals surface area contributed by atoms with Gasteiger partial charge in [0, 0.05) is 46.3 Å². The van der Waals surface area contributed by atoms with E-state index < -0.39 is 0 Å². The summed E-state index contributed by atoms with van der Waals surface area (Å²) >= 11 is 0. The van der Waals surface area contributed by atoms with Gasteiger partial charge in [0.2, 0.25) is 0 Å². The molecule has 0 unspecified atom stereocenters. The molecular formula is C24H44IN5O2. The van der Waals surface area contributed by atoms with Crippen LogP contribution in [0, 0.1) is 0 Å². The van der Waals surface area contributed by atoms with Crippen LogP contribution in [0.25, 0.3) is 0 Å². The summed E-state index contributed by atoms with van der Waals surface area (Å²) in [4.78, 5) is 9.46. The van der Waals surface area contributed by atoms with Gasteiger partial charge in [0.05, 0.1) is 13.2 Å². The predicted octanol–water partition coefficient (Wildman–Crippen LogP) is 3.23. The van der Waals surface area contributed by atoms with Crippen LogP contribution in [0.3, 0.4) is 0 Å². The van der Waals surface area contributed by atoms with Gasteiger partial charge in [0.1, 0.15) is 0 Å². The molecule has 1 saturated heterocycles. The fourth-order valence-electron chi connectivity index (χ4n) is 3.79. The summed E-state index contributed by atoms with van der Waals surface area (Å²) in [6.07, 6.45) is 3.28. The van der Waals surface area contributed by atoms with Crippen LogP contribution in [0.2, 0.25) is 0 Å². The van der Waals surface area contributed by atoms with Crippen molar-refractivity contribution < 1.29 is 9.47 Å². The minimum absolute atomic E-state index is 0. The number of hydrogen-bond acceptors (Lipinski definition) is 5. The average Bonchev–Trinajstić information content (AvgIpc) is 2.80. The average molecular weight is 562 g/mol. The summed E-state index contributed by atoms with van der Waals surface area (Å²) < 4.78 is 11.4. The first-order chi connectivity index (χ1) is 15.2. The zero-order chi connectivity index (χ0) is 22.3. The molecule has 1 aliphatic rings. The lowest BCUT2D eigenvalue weighted by atomic mass is 10.1. The van der Waals surface area contributed by atoms with Crippen molar-refractivity contribution in [2.45, 2.75) is 40.0 Å². The molecule has 1 aromatic rings. The number of rotatable bonds is 13. The summed E-state index contributed by atoms with van der Waals surface area (Å²) in [5.41, 5.74) is 1.22. The minimum Gasteiger partial charge on any atom is -0.490 e. The Hall–Kier alpha value is -1.26. The Morgan fingerprint density at radius 2 is 1.56 bits per heavy atom. The number of aliphatic imine (C=N–C) groups is 1. The van der Waals surface area contributed by atoms with E-state index in [0.29, 0.717) is 13.2 Å². The topological polar surface area (TPSA) is 61.4 Å². The Labute approximate surface area is 212 Å². The Kier molecular flexibility index (Phi) is 15.5. The van der Waals surface area contributed by atoms with Crippen LogP contribution in [-0.4, -0.2) is 88.4 Å². The minimum atomic E-state index is 0. The third-order valence-electron chi connectivity index (χ3n) is 5.64. The second kappa shape index (κ2) is 17.2. The molecular weight excluding hydrogens is 517 g/mol. The zero-order valence-electron chi connectivity index (χ0n) is 20.5. The number of piperazine rings is 1. The fourth-order valence-corrected chi connectivity index (χ4v) is 3.79. The summed E-state index contributed by atoms with van der Waals surface area (Å²) in [7, 11) is 1.83. The van der Waals surface area contributed by atoms with Gasteiger partial charge in [0.25, 0.3) is 0 Å². The summed E-state index contributed by atoms with van der Waals surface area (Å²) in [6.45, 7) is 16.5. The fraction of sp³-hybridized carbons (Fsp3) is 0.708.